The van der Waals surface area contributed by atoms with Crippen molar-refractivity contribution in [3.63, 3.8) is 0 Å². The van der Waals surface area contributed by atoms with Crippen molar-refractivity contribution in [1.29, 1.82) is 0 Å². The van der Waals surface area contributed by atoms with Crippen LogP contribution in [-0.4, -0.2) is 61.5 Å². The number of ether oxygens (including phenoxy) is 2. The van der Waals surface area contributed by atoms with Crippen molar-refractivity contribution in [3.8, 4) is 23.0 Å². The van der Waals surface area contributed by atoms with E-state index in [0.717, 1.165) is 47.9 Å². The molecule has 7 rings (SSSR count). The third-order valence-corrected chi connectivity index (χ3v) is 12.3. The van der Waals surface area contributed by atoms with Crippen molar-refractivity contribution in [2.45, 2.75) is 107 Å². The molecule has 0 amide bonds. The van der Waals surface area contributed by atoms with Gasteiger partial charge in [0.05, 0.1) is 38.6 Å². The number of methoxy groups -OCH3 is 1. The summed E-state index contributed by atoms with van der Waals surface area (Å²) in [5.41, 5.74) is 5.25. The van der Waals surface area contributed by atoms with Crippen LogP contribution < -0.4 is 4.74 Å². The third kappa shape index (κ3) is 6.47. The zero-order chi connectivity index (χ0) is 34.2. The fourth-order valence-corrected chi connectivity index (χ4v) is 9.76. The van der Waals surface area contributed by atoms with Gasteiger partial charge in [0.15, 0.2) is 11.5 Å². The number of phenols is 3. The van der Waals surface area contributed by atoms with Crippen LogP contribution >= 0.6 is 0 Å². The number of aromatic amines is 1. The molecule has 7 unspecified atom stereocenters. The average Bonchev–Trinajstić information content (AvgIpc) is 3.85. The van der Waals surface area contributed by atoms with Crippen LogP contribution in [-0.2, 0) is 17.8 Å². The van der Waals surface area contributed by atoms with Crippen molar-refractivity contribution < 1.29 is 40.1 Å². The van der Waals surface area contributed by atoms with Gasteiger partial charge in [-0.05, 0) is 84.3 Å². The molecule has 2 heterocycles. The number of hydrogen-bond donors (Lipinski definition) is 7. The predicted molar refractivity (Wildman–Crippen MR) is 185 cm³/mol. The zero-order valence-corrected chi connectivity index (χ0v) is 28.4. The predicted octanol–water partition coefficient (Wildman–Crippen LogP) is 6.60. The minimum absolute atomic E-state index is 0.00841. The Morgan fingerprint density at radius 2 is 1.71 bits per heavy atom. The molecule has 3 fully saturated rings. The van der Waals surface area contributed by atoms with Crippen molar-refractivity contribution in [3.05, 3.63) is 81.7 Å². The molecule has 2 aromatic carbocycles. The number of allylic oxidation sites excluding steroid dienone is 1. The van der Waals surface area contributed by atoms with E-state index in [1.165, 1.54) is 32.8 Å². The van der Waals surface area contributed by atoms with E-state index < -0.39 is 30.3 Å². The molecule has 7 atom stereocenters. The largest absolute Gasteiger partial charge is 0.508 e. The Morgan fingerprint density at radius 1 is 0.898 bits per heavy atom. The first-order valence-corrected chi connectivity index (χ1v) is 18.1. The Morgan fingerprint density at radius 3 is 2.43 bits per heavy atom. The highest BCUT2D eigenvalue weighted by molar-refractivity contribution is 5.64. The summed E-state index contributed by atoms with van der Waals surface area (Å²) in [6.07, 6.45) is 14.3. The van der Waals surface area contributed by atoms with Crippen LogP contribution in [0.4, 0.5) is 0 Å². The van der Waals surface area contributed by atoms with Gasteiger partial charge in [-0.3, -0.25) is 0 Å². The maximum Gasteiger partial charge on any atom is 0.201 e. The van der Waals surface area contributed by atoms with Crippen LogP contribution in [0.5, 0.6) is 23.0 Å². The Kier molecular flexibility index (Phi) is 9.98. The smallest absolute Gasteiger partial charge is 0.201 e. The highest BCUT2D eigenvalue weighted by atomic mass is 16.5. The second kappa shape index (κ2) is 14.4. The number of fused-ring (bicyclic) bond motifs is 1. The van der Waals surface area contributed by atoms with E-state index >= 15 is 0 Å². The number of phenolic OH excluding ortho intramolecular Hbond substituents is 2. The molecule has 3 aromatic rings. The first kappa shape index (κ1) is 34.0. The number of aliphatic hydroxyl groups excluding tert-OH is 3. The summed E-state index contributed by atoms with van der Waals surface area (Å²) in [6, 6.07) is 7.86. The molecule has 264 valence electrons. The maximum atomic E-state index is 11.5. The lowest BCUT2D eigenvalue weighted by Crippen LogP contribution is -2.44. The topological polar surface area (TPSA) is 156 Å². The number of benzene rings is 2. The molecule has 0 bridgehead atoms. The Hall–Kier alpha value is -3.50. The van der Waals surface area contributed by atoms with Crippen molar-refractivity contribution in [2.24, 2.45) is 17.8 Å². The van der Waals surface area contributed by atoms with E-state index in [1.54, 1.807) is 12.3 Å². The molecule has 2 saturated carbocycles. The van der Waals surface area contributed by atoms with Gasteiger partial charge in [0, 0.05) is 53.8 Å². The van der Waals surface area contributed by atoms with Crippen molar-refractivity contribution in [1.82, 2.24) is 4.98 Å². The van der Waals surface area contributed by atoms with E-state index in [0.29, 0.717) is 35.8 Å². The summed E-state index contributed by atoms with van der Waals surface area (Å²) < 4.78 is 12.5. The summed E-state index contributed by atoms with van der Waals surface area (Å²) in [5.74, 6) is 0.877. The SMILES string of the molecule is COc1c(O)c(O)c(CO)c(C2CC(O)C3CCC(c4ccc(O)c(C5CC(C6CCCC6)CC=C5CO)c4)CC3O2)c1Cc1cc[nH]c1. The lowest BCUT2D eigenvalue weighted by Gasteiger charge is -2.46. The zero-order valence-electron chi connectivity index (χ0n) is 28.4. The molecule has 9 nitrogen and oxygen atoms in total. The first-order valence-electron chi connectivity index (χ1n) is 18.1. The number of H-pyrrole nitrogens is 1. The van der Waals surface area contributed by atoms with Gasteiger partial charge in [-0.15, -0.1) is 0 Å². The van der Waals surface area contributed by atoms with Crippen LogP contribution in [0.3, 0.4) is 0 Å². The van der Waals surface area contributed by atoms with Gasteiger partial charge in [-0.1, -0.05) is 43.9 Å². The summed E-state index contributed by atoms with van der Waals surface area (Å²) in [6.45, 7) is -0.527. The first-order chi connectivity index (χ1) is 23.8. The normalized spacial score (nSPS) is 29.1. The van der Waals surface area contributed by atoms with Gasteiger partial charge >= 0.3 is 0 Å². The van der Waals surface area contributed by atoms with E-state index in [1.807, 2.05) is 18.3 Å². The molecule has 0 spiro atoms. The molecule has 49 heavy (non-hydrogen) atoms. The van der Waals surface area contributed by atoms with Gasteiger partial charge < -0.3 is 45.1 Å². The van der Waals surface area contributed by atoms with Gasteiger partial charge in [0.1, 0.15) is 5.75 Å². The van der Waals surface area contributed by atoms with Crippen molar-refractivity contribution in [2.75, 3.05) is 13.7 Å². The second-order valence-electron chi connectivity index (χ2n) is 14.9. The molecule has 1 saturated heterocycles. The number of aliphatic hydroxyl groups is 3. The van der Waals surface area contributed by atoms with Crippen LogP contribution in [0.15, 0.2) is 48.3 Å². The number of hydrogen-bond acceptors (Lipinski definition) is 8. The van der Waals surface area contributed by atoms with Crippen LogP contribution in [0.25, 0.3) is 0 Å². The lowest BCUT2D eigenvalue weighted by molar-refractivity contribution is -0.154. The summed E-state index contributed by atoms with van der Waals surface area (Å²) >= 11 is 0. The van der Waals surface area contributed by atoms with Gasteiger partial charge in [-0.25, -0.2) is 0 Å². The van der Waals surface area contributed by atoms with E-state index in [2.05, 4.69) is 17.1 Å². The highest BCUT2D eigenvalue weighted by Crippen LogP contribution is 2.53. The Balaban J connectivity index is 1.17. The fourth-order valence-electron chi connectivity index (χ4n) is 9.76. The van der Waals surface area contributed by atoms with E-state index in [4.69, 9.17) is 9.47 Å². The van der Waals surface area contributed by atoms with Gasteiger partial charge in [-0.2, -0.15) is 0 Å². The Bertz CT molecular complexity index is 1640. The quantitative estimate of drug-likeness (QED) is 0.0990. The molecule has 3 aliphatic carbocycles. The average molecular weight is 674 g/mol. The summed E-state index contributed by atoms with van der Waals surface area (Å²) in [4.78, 5) is 3.05. The highest BCUT2D eigenvalue weighted by Gasteiger charge is 2.44. The number of rotatable bonds is 9. The maximum absolute atomic E-state index is 11.5. The molecular formula is C40H51NO8. The fraction of sp³-hybridized carbons (Fsp3) is 0.550. The number of nitrogens with one attached hydrogen (secondary N) is 1. The standard InChI is InChI=1S/C40H51NO8/c1-48-40-31(14-22-12-13-41-19-22)37(32(21-43)38(46)39(40)47)36-18-34(45)28-10-8-26(17-35(28)49-36)25-9-11-33(44)30(16-25)29-15-24(6-7-27(29)20-42)23-4-2-3-5-23/h7,9,11-13,16,19,23-24,26,28-29,34-36,41-47H,2-6,8,10,14-15,17-18,20-21H2,1H3. The minimum atomic E-state index is -0.652. The minimum Gasteiger partial charge on any atom is -0.508 e. The Labute approximate surface area is 288 Å². The van der Waals surface area contributed by atoms with Crippen molar-refractivity contribution >= 4 is 0 Å². The molecular weight excluding hydrogens is 622 g/mol. The summed E-state index contributed by atoms with van der Waals surface area (Å²) in [5, 5.41) is 65.3. The molecule has 1 aliphatic heterocycles. The third-order valence-electron chi connectivity index (χ3n) is 12.3. The molecule has 9 heteroatoms. The number of aromatic hydroxyl groups is 3. The van der Waals surface area contributed by atoms with Crippen LogP contribution in [0.1, 0.15) is 116 Å². The van der Waals surface area contributed by atoms with Crippen LogP contribution in [0.2, 0.25) is 0 Å². The number of aromatic nitrogens is 1. The lowest BCUT2D eigenvalue weighted by atomic mass is 9.70. The van der Waals surface area contributed by atoms with Crippen LogP contribution in [0, 0.1) is 17.8 Å². The summed E-state index contributed by atoms with van der Waals surface area (Å²) in [7, 11) is 1.43. The second-order valence-corrected chi connectivity index (χ2v) is 14.9. The molecule has 0 radical (unpaired) electrons. The molecule has 7 N–H and O–H groups in total. The van der Waals surface area contributed by atoms with E-state index in [-0.39, 0.29) is 53.9 Å². The van der Waals surface area contributed by atoms with E-state index in [9.17, 15) is 30.6 Å². The van der Waals surface area contributed by atoms with Gasteiger partial charge in [0.25, 0.3) is 0 Å². The molecule has 4 aliphatic rings. The molecule has 1 aromatic heterocycles. The van der Waals surface area contributed by atoms with Gasteiger partial charge in [0.2, 0.25) is 5.75 Å². The monoisotopic (exact) mass is 673 g/mol.